The van der Waals surface area contributed by atoms with Gasteiger partial charge in [-0.1, -0.05) is 15.9 Å². The number of amides is 1. The summed E-state index contributed by atoms with van der Waals surface area (Å²) in [7, 11) is -0.916. The number of rotatable bonds is 4. The molecule has 0 aliphatic heterocycles. The van der Waals surface area contributed by atoms with Crippen molar-refractivity contribution in [3.05, 3.63) is 33.8 Å². The number of carbonyl (C=O) groups excluding carboxylic acids is 1. The first kappa shape index (κ1) is 14.4. The van der Waals surface area contributed by atoms with E-state index in [2.05, 4.69) is 21.2 Å². The number of nitrogens with one attached hydrogen (secondary N) is 1. The summed E-state index contributed by atoms with van der Waals surface area (Å²) in [5.74, 6) is -0.133. The fourth-order valence-electron chi connectivity index (χ4n) is 1.32. The van der Waals surface area contributed by atoms with Crippen molar-refractivity contribution < 1.29 is 9.00 Å². The molecule has 1 N–H and O–H groups in total. The molecule has 3 nitrogen and oxygen atoms in total. The molecule has 5 heteroatoms. The highest BCUT2D eigenvalue weighted by Crippen LogP contribution is 2.15. The SMILES string of the molecule is Cc1cc(Br)cc(C(=O)NC[C@H](C)[S@](C)=O)c1. The van der Waals surface area contributed by atoms with Crippen LogP contribution in [0.15, 0.2) is 22.7 Å². The zero-order chi connectivity index (χ0) is 13.0. The van der Waals surface area contributed by atoms with Crippen LogP contribution < -0.4 is 5.32 Å². The molecule has 0 saturated carbocycles. The van der Waals surface area contributed by atoms with E-state index in [0.717, 1.165) is 10.0 Å². The van der Waals surface area contributed by atoms with Crippen LogP contribution in [0.3, 0.4) is 0 Å². The van der Waals surface area contributed by atoms with E-state index in [4.69, 9.17) is 0 Å². The van der Waals surface area contributed by atoms with Crippen LogP contribution in [0.25, 0.3) is 0 Å². The number of hydrogen-bond acceptors (Lipinski definition) is 2. The van der Waals surface area contributed by atoms with Gasteiger partial charge < -0.3 is 5.32 Å². The standard InChI is InChI=1S/C12H16BrNO2S/c1-8-4-10(6-11(13)5-8)12(15)14-7-9(2)17(3)16/h4-6,9H,7H2,1-3H3,(H,14,15)/t9-,17-/m0/s1. The second kappa shape index (κ2) is 6.31. The Morgan fingerprint density at radius 2 is 2.12 bits per heavy atom. The van der Waals surface area contributed by atoms with E-state index in [1.54, 1.807) is 12.3 Å². The molecule has 0 fully saturated rings. The maximum absolute atomic E-state index is 11.8. The predicted molar refractivity (Wildman–Crippen MR) is 74.7 cm³/mol. The second-order valence-electron chi connectivity index (χ2n) is 4.04. The first-order chi connectivity index (χ1) is 7.90. The van der Waals surface area contributed by atoms with Crippen molar-refractivity contribution in [1.29, 1.82) is 0 Å². The van der Waals surface area contributed by atoms with Crippen LogP contribution in [0, 0.1) is 6.92 Å². The fraction of sp³-hybridized carbons (Fsp3) is 0.417. The van der Waals surface area contributed by atoms with Crippen LogP contribution >= 0.6 is 15.9 Å². The third kappa shape index (κ3) is 4.60. The molecule has 0 radical (unpaired) electrons. The van der Waals surface area contributed by atoms with Gasteiger partial charge in [-0.15, -0.1) is 0 Å². The number of carbonyl (C=O) groups is 1. The predicted octanol–water partition coefficient (Wildman–Crippen LogP) is 2.25. The van der Waals surface area contributed by atoms with E-state index in [1.807, 2.05) is 26.0 Å². The lowest BCUT2D eigenvalue weighted by Gasteiger charge is -2.10. The molecular formula is C12H16BrNO2S. The van der Waals surface area contributed by atoms with Crippen LogP contribution in [-0.4, -0.2) is 28.2 Å². The van der Waals surface area contributed by atoms with Gasteiger partial charge in [0.25, 0.3) is 5.91 Å². The van der Waals surface area contributed by atoms with Crippen molar-refractivity contribution in [2.45, 2.75) is 19.1 Å². The monoisotopic (exact) mass is 317 g/mol. The highest BCUT2D eigenvalue weighted by molar-refractivity contribution is 9.10. The van der Waals surface area contributed by atoms with Crippen molar-refractivity contribution in [1.82, 2.24) is 5.32 Å². The van der Waals surface area contributed by atoms with Gasteiger partial charge >= 0.3 is 0 Å². The molecule has 1 amide bonds. The molecule has 0 aliphatic carbocycles. The first-order valence-corrected chi connectivity index (χ1v) is 7.69. The summed E-state index contributed by atoms with van der Waals surface area (Å²) >= 11 is 3.36. The molecule has 0 aliphatic rings. The van der Waals surface area contributed by atoms with E-state index < -0.39 is 10.8 Å². The Balaban J connectivity index is 2.67. The van der Waals surface area contributed by atoms with E-state index >= 15 is 0 Å². The van der Waals surface area contributed by atoms with Gasteiger partial charge in [-0.25, -0.2) is 0 Å². The van der Waals surface area contributed by atoms with Crippen molar-refractivity contribution in [2.24, 2.45) is 0 Å². The molecular weight excluding hydrogens is 302 g/mol. The van der Waals surface area contributed by atoms with Crippen molar-refractivity contribution in [3.63, 3.8) is 0 Å². The maximum Gasteiger partial charge on any atom is 0.251 e. The minimum atomic E-state index is -0.916. The Hall–Kier alpha value is -0.680. The number of hydrogen-bond donors (Lipinski definition) is 1. The quantitative estimate of drug-likeness (QED) is 0.925. The zero-order valence-corrected chi connectivity index (χ0v) is 12.5. The molecule has 2 atom stereocenters. The summed E-state index contributed by atoms with van der Waals surface area (Å²) < 4.78 is 12.0. The Bertz CT molecular complexity index is 428. The molecule has 0 unspecified atom stereocenters. The molecule has 1 aromatic carbocycles. The summed E-state index contributed by atoms with van der Waals surface area (Å²) in [6.45, 7) is 4.21. The number of aryl methyl sites for hydroxylation is 1. The summed E-state index contributed by atoms with van der Waals surface area (Å²) in [6, 6.07) is 5.55. The largest absolute Gasteiger partial charge is 0.351 e. The molecule has 0 bridgehead atoms. The number of benzene rings is 1. The molecule has 1 aromatic rings. The van der Waals surface area contributed by atoms with Gasteiger partial charge in [0.2, 0.25) is 0 Å². The Morgan fingerprint density at radius 3 is 2.65 bits per heavy atom. The highest BCUT2D eigenvalue weighted by atomic mass is 79.9. The lowest BCUT2D eigenvalue weighted by atomic mass is 10.1. The molecule has 0 heterocycles. The normalized spacial score (nSPS) is 14.1. The highest BCUT2D eigenvalue weighted by Gasteiger charge is 2.10. The van der Waals surface area contributed by atoms with Gasteiger partial charge in [-0.2, -0.15) is 0 Å². The van der Waals surface area contributed by atoms with Gasteiger partial charge in [0.05, 0.1) is 0 Å². The smallest absolute Gasteiger partial charge is 0.251 e. The summed E-state index contributed by atoms with van der Waals surface area (Å²) in [4.78, 5) is 11.8. The summed E-state index contributed by atoms with van der Waals surface area (Å²) in [6.07, 6.45) is 1.64. The molecule has 0 spiro atoms. The van der Waals surface area contributed by atoms with Crippen LogP contribution in [0.1, 0.15) is 22.8 Å². The molecule has 17 heavy (non-hydrogen) atoms. The van der Waals surface area contributed by atoms with Gasteiger partial charge in [0.1, 0.15) is 0 Å². The Morgan fingerprint density at radius 1 is 1.47 bits per heavy atom. The van der Waals surface area contributed by atoms with E-state index in [9.17, 15) is 9.00 Å². The van der Waals surface area contributed by atoms with Crippen LogP contribution in [0.5, 0.6) is 0 Å². The second-order valence-corrected chi connectivity index (χ2v) is 6.75. The van der Waals surface area contributed by atoms with E-state index in [0.29, 0.717) is 12.1 Å². The van der Waals surface area contributed by atoms with Crippen LogP contribution in [0.2, 0.25) is 0 Å². The Labute approximate surface area is 113 Å². The fourth-order valence-corrected chi connectivity index (χ4v) is 2.25. The lowest BCUT2D eigenvalue weighted by molar-refractivity contribution is 0.0954. The van der Waals surface area contributed by atoms with E-state index in [-0.39, 0.29) is 11.2 Å². The summed E-state index contributed by atoms with van der Waals surface area (Å²) in [5.41, 5.74) is 1.64. The van der Waals surface area contributed by atoms with Gasteiger partial charge in [0, 0.05) is 38.9 Å². The zero-order valence-electron chi connectivity index (χ0n) is 10.1. The molecule has 1 rings (SSSR count). The molecule has 0 aromatic heterocycles. The Kier molecular flexibility index (Phi) is 5.33. The van der Waals surface area contributed by atoms with E-state index in [1.165, 1.54) is 0 Å². The first-order valence-electron chi connectivity index (χ1n) is 5.27. The maximum atomic E-state index is 11.8. The topological polar surface area (TPSA) is 46.2 Å². The summed E-state index contributed by atoms with van der Waals surface area (Å²) in [5, 5.41) is 2.75. The van der Waals surface area contributed by atoms with Crippen molar-refractivity contribution in [3.8, 4) is 0 Å². The molecule has 0 saturated heterocycles. The third-order valence-electron chi connectivity index (χ3n) is 2.42. The molecule has 94 valence electrons. The number of halogens is 1. The van der Waals surface area contributed by atoms with Gasteiger partial charge in [-0.3, -0.25) is 9.00 Å². The van der Waals surface area contributed by atoms with Crippen molar-refractivity contribution in [2.75, 3.05) is 12.8 Å². The van der Waals surface area contributed by atoms with Crippen molar-refractivity contribution >= 4 is 32.6 Å². The average Bonchev–Trinajstić information content (AvgIpc) is 2.23. The lowest BCUT2D eigenvalue weighted by Crippen LogP contribution is -2.32. The van der Waals surface area contributed by atoms with Crippen LogP contribution in [0.4, 0.5) is 0 Å². The van der Waals surface area contributed by atoms with Gasteiger partial charge in [-0.05, 0) is 37.6 Å². The minimum absolute atomic E-state index is 0.0350. The average molecular weight is 318 g/mol. The minimum Gasteiger partial charge on any atom is -0.351 e. The van der Waals surface area contributed by atoms with Gasteiger partial charge in [0.15, 0.2) is 0 Å². The third-order valence-corrected chi connectivity index (χ3v) is 4.18. The van der Waals surface area contributed by atoms with Crippen LogP contribution in [-0.2, 0) is 10.8 Å².